The van der Waals surface area contributed by atoms with Gasteiger partial charge < -0.3 is 4.74 Å². The van der Waals surface area contributed by atoms with Crippen molar-refractivity contribution in [2.75, 3.05) is 6.61 Å². The predicted octanol–water partition coefficient (Wildman–Crippen LogP) is 3.41. The first kappa shape index (κ1) is 12.0. The Morgan fingerprint density at radius 3 is 2.93 bits per heavy atom. The Labute approximate surface area is 105 Å². The van der Waals surface area contributed by atoms with Crippen LogP contribution in [0, 0.1) is 3.57 Å². The van der Waals surface area contributed by atoms with Gasteiger partial charge in [0.2, 0.25) is 0 Å². The van der Waals surface area contributed by atoms with Crippen molar-refractivity contribution in [1.82, 2.24) is 0 Å². The summed E-state index contributed by atoms with van der Waals surface area (Å²) >= 11 is 5.53. The van der Waals surface area contributed by atoms with E-state index in [9.17, 15) is 4.79 Å². The van der Waals surface area contributed by atoms with Crippen LogP contribution in [0.5, 0.6) is 5.75 Å². The first-order valence-electron chi connectivity index (χ1n) is 4.23. The van der Waals surface area contributed by atoms with Gasteiger partial charge in [-0.05, 0) is 40.8 Å². The third kappa shape index (κ3) is 3.57. The second-order valence-electron chi connectivity index (χ2n) is 2.76. The van der Waals surface area contributed by atoms with Gasteiger partial charge in [0.1, 0.15) is 12.4 Å². The fourth-order valence-corrected chi connectivity index (χ4v) is 1.68. The summed E-state index contributed by atoms with van der Waals surface area (Å²) in [4.78, 5) is 11.0. The number of carbonyl (C=O) groups excluding carboxylic acids is 1. The molecule has 0 unspecified atom stereocenters. The monoisotopic (exact) mass is 368 g/mol. The predicted molar refractivity (Wildman–Crippen MR) is 67.7 cm³/mol. The summed E-state index contributed by atoms with van der Waals surface area (Å²) in [5.74, 6) is 0.863. The molecule has 0 radical (unpaired) electrons. The second kappa shape index (κ2) is 5.70. The molecule has 0 amide bonds. The maximum Gasteiger partial charge on any atom is 0.169 e. The molecule has 76 valence electrons. The van der Waals surface area contributed by atoms with Gasteiger partial charge in [0.05, 0.1) is 3.57 Å². The van der Waals surface area contributed by atoms with E-state index in [-0.39, 0.29) is 12.4 Å². The molecule has 1 aromatic rings. The van der Waals surface area contributed by atoms with Gasteiger partial charge in [-0.15, -0.1) is 0 Å². The van der Waals surface area contributed by atoms with Crippen LogP contribution < -0.4 is 4.74 Å². The molecular weight excluding hydrogens is 359 g/mol. The van der Waals surface area contributed by atoms with E-state index in [0.29, 0.717) is 6.42 Å². The van der Waals surface area contributed by atoms with E-state index < -0.39 is 0 Å². The Hall–Kier alpha value is -0.100. The molecule has 1 rings (SSSR count). The molecule has 14 heavy (non-hydrogen) atoms. The minimum absolute atomic E-state index is 0.112. The van der Waals surface area contributed by atoms with Crippen molar-refractivity contribution in [3.05, 3.63) is 26.2 Å². The van der Waals surface area contributed by atoms with Crippen molar-refractivity contribution < 1.29 is 9.53 Å². The van der Waals surface area contributed by atoms with Crippen LogP contribution in [0.15, 0.2) is 22.7 Å². The van der Waals surface area contributed by atoms with E-state index in [0.717, 1.165) is 13.8 Å². The van der Waals surface area contributed by atoms with Crippen LogP contribution in [0.1, 0.15) is 13.3 Å². The Kier molecular flexibility index (Phi) is 4.88. The molecule has 1 aromatic carbocycles. The van der Waals surface area contributed by atoms with Gasteiger partial charge in [-0.3, -0.25) is 4.79 Å². The molecule has 0 saturated carbocycles. The van der Waals surface area contributed by atoms with Crippen molar-refractivity contribution in [3.8, 4) is 5.75 Å². The summed E-state index contributed by atoms with van der Waals surface area (Å²) < 4.78 is 7.35. The van der Waals surface area contributed by atoms with Crippen molar-refractivity contribution >= 4 is 44.3 Å². The van der Waals surface area contributed by atoms with Crippen molar-refractivity contribution in [2.24, 2.45) is 0 Å². The average Bonchev–Trinajstić information content (AvgIpc) is 2.19. The van der Waals surface area contributed by atoms with Crippen molar-refractivity contribution in [3.63, 3.8) is 0 Å². The van der Waals surface area contributed by atoms with E-state index >= 15 is 0 Å². The standard InChI is InChI=1S/C10H10BrIO2/c1-2-8(13)6-14-10-5-7(11)3-4-9(10)12/h3-5H,2,6H2,1H3. The van der Waals surface area contributed by atoms with E-state index in [1.807, 2.05) is 25.1 Å². The van der Waals surface area contributed by atoms with Gasteiger partial charge in [0.25, 0.3) is 0 Å². The van der Waals surface area contributed by atoms with Gasteiger partial charge in [0.15, 0.2) is 5.78 Å². The number of Topliss-reactive ketones (excluding diaryl/α,β-unsaturated/α-hetero) is 1. The summed E-state index contributed by atoms with van der Waals surface area (Å²) in [5, 5.41) is 0. The minimum atomic E-state index is 0.112. The molecule has 2 nitrogen and oxygen atoms in total. The van der Waals surface area contributed by atoms with Gasteiger partial charge in [-0.25, -0.2) is 0 Å². The normalized spacial score (nSPS) is 9.93. The summed E-state index contributed by atoms with van der Waals surface area (Å²) in [5.41, 5.74) is 0. The van der Waals surface area contributed by atoms with E-state index in [4.69, 9.17) is 4.74 Å². The number of carbonyl (C=O) groups is 1. The van der Waals surface area contributed by atoms with Crippen molar-refractivity contribution in [1.29, 1.82) is 0 Å². The first-order chi connectivity index (χ1) is 6.63. The van der Waals surface area contributed by atoms with E-state index in [2.05, 4.69) is 38.5 Å². The lowest BCUT2D eigenvalue weighted by atomic mass is 10.3. The molecule has 0 N–H and O–H groups in total. The van der Waals surface area contributed by atoms with Gasteiger partial charge in [0, 0.05) is 10.9 Å². The number of ketones is 1. The lowest BCUT2D eigenvalue weighted by Gasteiger charge is -2.06. The summed E-state index contributed by atoms with van der Waals surface area (Å²) in [6.07, 6.45) is 0.518. The Bertz CT molecular complexity index is 339. The zero-order valence-electron chi connectivity index (χ0n) is 7.72. The van der Waals surface area contributed by atoms with Gasteiger partial charge >= 0.3 is 0 Å². The van der Waals surface area contributed by atoms with Crippen LogP contribution in [0.3, 0.4) is 0 Å². The molecule has 0 aliphatic carbocycles. The molecule has 0 atom stereocenters. The number of hydrogen-bond acceptors (Lipinski definition) is 2. The molecule has 0 aliphatic heterocycles. The smallest absolute Gasteiger partial charge is 0.169 e. The third-order valence-electron chi connectivity index (χ3n) is 1.68. The Morgan fingerprint density at radius 2 is 2.29 bits per heavy atom. The summed E-state index contributed by atoms with van der Waals surface area (Å²) in [6, 6.07) is 5.75. The molecule has 0 heterocycles. The van der Waals surface area contributed by atoms with Crippen LogP contribution in [0.4, 0.5) is 0 Å². The fourth-order valence-electron chi connectivity index (χ4n) is 0.848. The van der Waals surface area contributed by atoms with Crippen LogP contribution in [-0.4, -0.2) is 12.4 Å². The highest BCUT2D eigenvalue weighted by Gasteiger charge is 2.04. The second-order valence-corrected chi connectivity index (χ2v) is 4.83. The molecule has 0 bridgehead atoms. The topological polar surface area (TPSA) is 26.3 Å². The lowest BCUT2D eigenvalue weighted by Crippen LogP contribution is -2.10. The molecule has 4 heteroatoms. The van der Waals surface area contributed by atoms with Crippen molar-refractivity contribution in [2.45, 2.75) is 13.3 Å². The zero-order chi connectivity index (χ0) is 10.6. The minimum Gasteiger partial charge on any atom is -0.485 e. The number of hydrogen-bond donors (Lipinski definition) is 0. The fraction of sp³-hybridized carbons (Fsp3) is 0.300. The van der Waals surface area contributed by atoms with E-state index in [1.165, 1.54) is 0 Å². The molecule has 0 spiro atoms. The average molecular weight is 369 g/mol. The lowest BCUT2D eigenvalue weighted by molar-refractivity contribution is -0.120. The maximum atomic E-state index is 11.0. The molecule has 0 aliphatic rings. The van der Waals surface area contributed by atoms with Crippen LogP contribution in [0.2, 0.25) is 0 Å². The third-order valence-corrected chi connectivity index (χ3v) is 3.06. The Balaban J connectivity index is 2.66. The SMILES string of the molecule is CCC(=O)COc1cc(Br)ccc1I. The molecule has 0 fully saturated rings. The maximum absolute atomic E-state index is 11.0. The zero-order valence-corrected chi connectivity index (χ0v) is 11.5. The van der Waals surface area contributed by atoms with Gasteiger partial charge in [-0.2, -0.15) is 0 Å². The summed E-state index contributed by atoms with van der Waals surface area (Å²) in [7, 11) is 0. The molecule has 0 aromatic heterocycles. The summed E-state index contributed by atoms with van der Waals surface area (Å²) in [6.45, 7) is 1.99. The van der Waals surface area contributed by atoms with E-state index in [1.54, 1.807) is 0 Å². The number of rotatable bonds is 4. The molecular formula is C10H10BrIO2. The largest absolute Gasteiger partial charge is 0.485 e. The van der Waals surface area contributed by atoms with Crippen LogP contribution >= 0.6 is 38.5 Å². The van der Waals surface area contributed by atoms with Gasteiger partial charge in [-0.1, -0.05) is 22.9 Å². The number of halogens is 2. The molecule has 0 saturated heterocycles. The Morgan fingerprint density at radius 1 is 1.57 bits per heavy atom. The highest BCUT2D eigenvalue weighted by Crippen LogP contribution is 2.24. The van der Waals surface area contributed by atoms with Crippen LogP contribution in [0.25, 0.3) is 0 Å². The number of benzene rings is 1. The van der Waals surface area contributed by atoms with Crippen LogP contribution in [-0.2, 0) is 4.79 Å². The number of ether oxygens (including phenoxy) is 1. The first-order valence-corrected chi connectivity index (χ1v) is 6.10. The quantitative estimate of drug-likeness (QED) is 0.761. The highest BCUT2D eigenvalue weighted by atomic mass is 127. The highest BCUT2D eigenvalue weighted by molar-refractivity contribution is 14.1.